The van der Waals surface area contributed by atoms with Gasteiger partial charge in [0.2, 0.25) is 5.91 Å². The summed E-state index contributed by atoms with van der Waals surface area (Å²) in [5.41, 5.74) is 1.46. The van der Waals surface area contributed by atoms with Crippen molar-refractivity contribution in [2.45, 2.75) is 141 Å². The molecule has 6 atom stereocenters. The summed E-state index contributed by atoms with van der Waals surface area (Å²) in [7, 11) is -3.69. The summed E-state index contributed by atoms with van der Waals surface area (Å²) >= 11 is 1.85. The Balaban J connectivity index is 0.000000326. The van der Waals surface area contributed by atoms with Crippen LogP contribution in [0.3, 0.4) is 0 Å². The lowest BCUT2D eigenvalue weighted by Gasteiger charge is -2.37. The molecule has 422 valence electrons. The summed E-state index contributed by atoms with van der Waals surface area (Å²) < 4.78 is 71.1. The van der Waals surface area contributed by atoms with Crippen molar-refractivity contribution in [3.8, 4) is 5.75 Å². The Morgan fingerprint density at radius 3 is 1.92 bits per heavy atom. The van der Waals surface area contributed by atoms with Gasteiger partial charge >= 0.3 is 21.5 Å². The van der Waals surface area contributed by atoms with Gasteiger partial charge in [-0.3, -0.25) is 28.2 Å². The van der Waals surface area contributed by atoms with Crippen LogP contribution < -0.4 is 36.2 Å². The molecule has 3 amide bonds. The third-order valence-electron chi connectivity index (χ3n) is 11.7. The summed E-state index contributed by atoms with van der Waals surface area (Å²) in [5, 5.41) is 18.8. The minimum Gasteiger partial charge on any atom is -0.497 e. The van der Waals surface area contributed by atoms with Crippen molar-refractivity contribution in [2.24, 2.45) is 0 Å². The minimum atomic E-state index is -3.51. The molecule has 0 bridgehead atoms. The van der Waals surface area contributed by atoms with Crippen LogP contribution in [0.1, 0.15) is 111 Å². The highest BCUT2D eigenvalue weighted by atomic mass is 32.2. The van der Waals surface area contributed by atoms with Crippen LogP contribution in [-0.4, -0.2) is 132 Å². The normalized spacial score (nSPS) is 18.7. The second-order valence-electron chi connectivity index (χ2n) is 20.5. The highest BCUT2D eigenvalue weighted by Gasteiger charge is 2.43. The van der Waals surface area contributed by atoms with Crippen LogP contribution in [0.5, 0.6) is 5.75 Å². The second kappa shape index (κ2) is 31.9. The van der Waals surface area contributed by atoms with Crippen molar-refractivity contribution in [2.75, 3.05) is 79.2 Å². The quantitative estimate of drug-likeness (QED) is 0.0145. The molecule has 0 aromatic heterocycles. The zero-order valence-electron chi connectivity index (χ0n) is 46.3. The lowest BCUT2D eigenvalue weighted by atomic mass is 9.77. The number of urea groups is 1. The van der Waals surface area contributed by atoms with Gasteiger partial charge in [0.1, 0.15) is 5.75 Å². The van der Waals surface area contributed by atoms with Gasteiger partial charge in [0.15, 0.2) is 0 Å². The third-order valence-corrected chi connectivity index (χ3v) is 17.2. The Morgan fingerprint density at radius 2 is 1.33 bits per heavy atom. The van der Waals surface area contributed by atoms with E-state index >= 15 is 0 Å². The highest BCUT2D eigenvalue weighted by molar-refractivity contribution is 8.00. The summed E-state index contributed by atoms with van der Waals surface area (Å²) in [5.74, 6) is 1.73. The molecule has 6 unspecified atom stereocenters. The first-order valence-electron chi connectivity index (χ1n) is 26.2. The molecule has 0 saturated carbocycles. The molecule has 2 aliphatic heterocycles. The Labute approximate surface area is 451 Å². The number of hydrogen-bond donors (Lipinski definition) is 6. The molecular weight excluding hydrogens is 1020 g/mol. The number of carbonyl (C=O) groups is 2. The molecule has 5 rings (SSSR count). The fourth-order valence-corrected chi connectivity index (χ4v) is 13.6. The Bertz CT molecular complexity index is 2170. The van der Waals surface area contributed by atoms with Crippen LogP contribution in [0.15, 0.2) is 84.9 Å². The van der Waals surface area contributed by atoms with E-state index in [4.69, 9.17) is 37.0 Å². The lowest BCUT2D eigenvalue weighted by Crippen LogP contribution is -2.46. The number of benzene rings is 3. The van der Waals surface area contributed by atoms with E-state index in [2.05, 4.69) is 92.1 Å². The Morgan fingerprint density at radius 1 is 0.733 bits per heavy atom. The summed E-state index contributed by atoms with van der Waals surface area (Å²) in [6.07, 6.45) is 3.11. The lowest BCUT2D eigenvalue weighted by molar-refractivity contribution is -0.121. The van der Waals surface area contributed by atoms with Gasteiger partial charge in [-0.05, 0) is 117 Å². The highest BCUT2D eigenvalue weighted by Crippen LogP contribution is 2.49. The van der Waals surface area contributed by atoms with Crippen LogP contribution >= 0.6 is 27.3 Å². The van der Waals surface area contributed by atoms with Gasteiger partial charge in [0, 0.05) is 56.8 Å². The van der Waals surface area contributed by atoms with E-state index in [1.165, 1.54) is 0 Å². The first kappa shape index (κ1) is 64.1. The first-order chi connectivity index (χ1) is 35.6. The number of thioether (sulfide) groups is 1. The standard InChI is InChI=1S/C31H43N2O5P.C23H45N4O7PS/c1-25(2)33-39(34,38-30(3,4)5)37-24-23-36-22-21-32-31(26-13-9-7-10-14-26,27-15-11-8-12-16-27)28-17-19-29(35-6)20-18-28;1-6-32-15-13-25-35(30,34-23(2,3)4)33-14-11-17(31-5)10-12-24-20(28)9-7-8-19-21-18(16-36-19)26-22(29)27-21/h7-20,25,32H,21-24H2,1-6H3,(H,33,34);17-19,21H,6-16H2,1-5H3,(H,24,28)(H,25,30)(H2,26,27,29). The second-order valence-corrected chi connectivity index (χ2v) is 25.2. The van der Waals surface area contributed by atoms with Gasteiger partial charge in [-0.25, -0.2) is 24.1 Å². The molecule has 3 aromatic carbocycles. The van der Waals surface area contributed by atoms with Crippen LogP contribution in [0.2, 0.25) is 0 Å². The van der Waals surface area contributed by atoms with Crippen LogP contribution in [0, 0.1) is 0 Å². The maximum Gasteiger partial charge on any atom is 0.406 e. The fraction of sp³-hybridized carbons (Fsp3) is 0.630. The Kier molecular flexibility index (Phi) is 27.3. The Hall–Kier alpha value is -3.39. The number of nitrogens with one attached hydrogen (secondary N) is 6. The molecule has 2 fully saturated rings. The number of amides is 3. The van der Waals surface area contributed by atoms with E-state index in [1.807, 2.05) is 98.3 Å². The summed E-state index contributed by atoms with van der Waals surface area (Å²) in [6, 6.07) is 29.2. The smallest absolute Gasteiger partial charge is 0.406 e. The monoisotopic (exact) mass is 1110 g/mol. The van der Waals surface area contributed by atoms with Crippen molar-refractivity contribution in [3.63, 3.8) is 0 Å². The topological polar surface area (TPSA) is 214 Å². The van der Waals surface area contributed by atoms with E-state index < -0.39 is 32.2 Å². The van der Waals surface area contributed by atoms with Gasteiger partial charge in [-0.2, -0.15) is 11.8 Å². The molecule has 75 heavy (non-hydrogen) atoms. The van der Waals surface area contributed by atoms with Crippen molar-refractivity contribution in [1.29, 1.82) is 0 Å². The largest absolute Gasteiger partial charge is 0.497 e. The molecule has 6 N–H and O–H groups in total. The van der Waals surface area contributed by atoms with Gasteiger partial charge in [-0.1, -0.05) is 72.8 Å². The van der Waals surface area contributed by atoms with Gasteiger partial charge in [0.25, 0.3) is 0 Å². The van der Waals surface area contributed by atoms with E-state index in [-0.39, 0.29) is 56.0 Å². The zero-order valence-corrected chi connectivity index (χ0v) is 48.9. The average molecular weight is 1110 g/mol. The fourth-order valence-electron chi connectivity index (χ4n) is 8.54. The summed E-state index contributed by atoms with van der Waals surface area (Å²) in [6.45, 7) is 20.2. The molecule has 21 heteroatoms. The van der Waals surface area contributed by atoms with Crippen LogP contribution in [0.25, 0.3) is 0 Å². The maximum atomic E-state index is 13.1. The van der Waals surface area contributed by atoms with Crippen molar-refractivity contribution in [3.05, 3.63) is 102 Å². The maximum absolute atomic E-state index is 13.1. The van der Waals surface area contributed by atoms with Crippen molar-refractivity contribution < 1.29 is 55.8 Å². The molecule has 2 heterocycles. The van der Waals surface area contributed by atoms with E-state index in [1.54, 1.807) is 14.2 Å². The molecule has 0 radical (unpaired) electrons. The van der Waals surface area contributed by atoms with E-state index in [0.717, 1.165) is 41.0 Å². The van der Waals surface area contributed by atoms with Crippen molar-refractivity contribution in [1.82, 2.24) is 31.4 Å². The number of carbonyl (C=O) groups excluding carboxylic acids is 2. The van der Waals surface area contributed by atoms with Gasteiger partial charge in [-0.15, -0.1) is 0 Å². The van der Waals surface area contributed by atoms with Gasteiger partial charge < -0.3 is 34.9 Å². The molecular formula is C54H88N6O12P2S. The van der Waals surface area contributed by atoms with Crippen LogP contribution in [0.4, 0.5) is 4.79 Å². The number of methoxy groups -OCH3 is 2. The molecule has 2 aliphatic rings. The minimum absolute atomic E-state index is 0.0100. The average Bonchev–Trinajstić information content (AvgIpc) is 3.91. The van der Waals surface area contributed by atoms with Crippen molar-refractivity contribution >= 4 is 39.2 Å². The number of rotatable bonds is 33. The third kappa shape index (κ3) is 22.8. The molecule has 18 nitrogen and oxygen atoms in total. The number of fused-ring (bicyclic) bond motifs is 1. The van der Waals surface area contributed by atoms with E-state index in [9.17, 15) is 18.7 Å². The predicted molar refractivity (Wildman–Crippen MR) is 299 cm³/mol. The molecule has 0 spiro atoms. The predicted octanol–water partition coefficient (Wildman–Crippen LogP) is 9.33. The van der Waals surface area contributed by atoms with Crippen LogP contribution in [-0.2, 0) is 51.8 Å². The number of hydrogen-bond acceptors (Lipinski definition) is 14. The molecule has 3 aromatic rings. The SMILES string of the molecule is CCOCCNP(=O)(OCCC(CCNC(=O)CCCC1SCC2NC(=O)NC21)OC)OC(C)(C)C.COc1ccc(C(NCCOCCOP(=O)(NC(C)C)OC(C)(C)C)(c2ccccc2)c2ccccc2)cc1. The first-order valence-corrected chi connectivity index (χ1v) is 30.3. The van der Waals surface area contributed by atoms with E-state index in [0.29, 0.717) is 64.0 Å². The summed E-state index contributed by atoms with van der Waals surface area (Å²) in [4.78, 5) is 23.7. The van der Waals surface area contributed by atoms with Gasteiger partial charge in [0.05, 0.1) is 75.1 Å². The number of ether oxygens (including phenoxy) is 4. The zero-order chi connectivity index (χ0) is 55.0. The molecule has 0 aliphatic carbocycles. The molecule has 2 saturated heterocycles.